The lowest BCUT2D eigenvalue weighted by molar-refractivity contribution is 0.103. The maximum absolute atomic E-state index is 13.3. The third-order valence-corrected chi connectivity index (χ3v) is 3.25. The molecule has 2 aromatic carbocycles. The van der Waals surface area contributed by atoms with Crippen LogP contribution in [0.4, 0.5) is 4.39 Å². The van der Waals surface area contributed by atoms with Crippen LogP contribution < -0.4 is 0 Å². The fourth-order valence-corrected chi connectivity index (χ4v) is 2.08. The average molecular weight is 283 g/mol. The molecule has 2 aromatic rings. The number of rotatable bonds is 2. The van der Waals surface area contributed by atoms with E-state index in [-0.39, 0.29) is 16.4 Å². The lowest BCUT2D eigenvalue weighted by Crippen LogP contribution is -2.04. The van der Waals surface area contributed by atoms with E-state index in [2.05, 4.69) is 0 Å². The van der Waals surface area contributed by atoms with Gasteiger partial charge in [-0.25, -0.2) is 4.39 Å². The van der Waals surface area contributed by atoms with Crippen LogP contribution in [0.1, 0.15) is 21.5 Å². The van der Waals surface area contributed by atoms with Gasteiger partial charge >= 0.3 is 0 Å². The summed E-state index contributed by atoms with van der Waals surface area (Å²) in [6.07, 6.45) is 0. The molecule has 1 nitrogen and oxygen atoms in total. The average Bonchev–Trinajstić information content (AvgIpc) is 2.33. The van der Waals surface area contributed by atoms with E-state index < -0.39 is 5.82 Å². The second-order valence-corrected chi connectivity index (χ2v) is 4.70. The molecular formula is C14H9Cl2FO. The molecule has 0 amide bonds. The van der Waals surface area contributed by atoms with Crippen LogP contribution >= 0.6 is 23.2 Å². The summed E-state index contributed by atoms with van der Waals surface area (Å²) in [5, 5.41) is 0.434. The van der Waals surface area contributed by atoms with Crippen molar-refractivity contribution >= 4 is 29.0 Å². The molecule has 0 fully saturated rings. The third-order valence-electron chi connectivity index (χ3n) is 2.61. The van der Waals surface area contributed by atoms with Crippen molar-refractivity contribution in [1.29, 1.82) is 0 Å². The smallest absolute Gasteiger partial charge is 0.196 e. The van der Waals surface area contributed by atoms with Crippen LogP contribution in [0.15, 0.2) is 36.4 Å². The topological polar surface area (TPSA) is 17.1 Å². The first-order valence-electron chi connectivity index (χ1n) is 5.25. The maximum atomic E-state index is 13.3. The van der Waals surface area contributed by atoms with E-state index in [1.165, 1.54) is 6.07 Å². The van der Waals surface area contributed by atoms with Gasteiger partial charge in [-0.15, -0.1) is 0 Å². The van der Waals surface area contributed by atoms with Crippen LogP contribution in [0.5, 0.6) is 0 Å². The minimum Gasteiger partial charge on any atom is -0.288 e. The minimum absolute atomic E-state index is 0.0861. The second kappa shape index (κ2) is 5.09. The Morgan fingerprint density at radius 3 is 2.39 bits per heavy atom. The van der Waals surface area contributed by atoms with Crippen molar-refractivity contribution in [2.75, 3.05) is 0 Å². The number of benzene rings is 2. The molecule has 92 valence electrons. The largest absolute Gasteiger partial charge is 0.288 e. The SMILES string of the molecule is Cc1cc(C(=O)c2ccccc2Cl)c(Cl)cc1F. The molecule has 2 rings (SSSR count). The van der Waals surface area contributed by atoms with Crippen LogP contribution in [0, 0.1) is 12.7 Å². The van der Waals surface area contributed by atoms with E-state index in [9.17, 15) is 9.18 Å². The first kappa shape index (κ1) is 13.1. The Hall–Kier alpha value is -1.38. The molecule has 0 N–H and O–H groups in total. The summed E-state index contributed by atoms with van der Waals surface area (Å²) in [4.78, 5) is 12.3. The Bertz CT molecular complexity index is 623. The fourth-order valence-electron chi connectivity index (χ4n) is 1.62. The summed E-state index contributed by atoms with van der Waals surface area (Å²) in [6, 6.07) is 9.25. The van der Waals surface area contributed by atoms with Crippen LogP contribution in [0.25, 0.3) is 0 Å². The highest BCUT2D eigenvalue weighted by Crippen LogP contribution is 2.25. The van der Waals surface area contributed by atoms with Gasteiger partial charge in [-0.2, -0.15) is 0 Å². The zero-order chi connectivity index (χ0) is 13.3. The van der Waals surface area contributed by atoms with Crippen molar-refractivity contribution in [3.05, 3.63) is 69.0 Å². The second-order valence-electron chi connectivity index (χ2n) is 3.89. The Labute approximate surface area is 114 Å². The Balaban J connectivity index is 2.53. The highest BCUT2D eigenvalue weighted by Gasteiger charge is 2.17. The van der Waals surface area contributed by atoms with E-state index in [0.29, 0.717) is 16.1 Å². The van der Waals surface area contributed by atoms with Gasteiger partial charge in [0.05, 0.1) is 10.0 Å². The maximum Gasteiger partial charge on any atom is 0.196 e. The standard InChI is InChI=1S/C14H9Cl2FO/c1-8-6-10(12(16)7-13(8)17)14(18)9-4-2-3-5-11(9)15/h2-7H,1H3. The molecule has 4 heteroatoms. The van der Waals surface area contributed by atoms with Crippen LogP contribution in [0.2, 0.25) is 10.0 Å². The van der Waals surface area contributed by atoms with Gasteiger partial charge in [0.1, 0.15) is 5.82 Å². The first-order valence-corrected chi connectivity index (χ1v) is 6.01. The summed E-state index contributed by atoms with van der Waals surface area (Å²) in [6.45, 7) is 1.58. The van der Waals surface area contributed by atoms with E-state index in [0.717, 1.165) is 6.07 Å². The van der Waals surface area contributed by atoms with Crippen molar-refractivity contribution in [3.8, 4) is 0 Å². The van der Waals surface area contributed by atoms with Crippen molar-refractivity contribution in [2.24, 2.45) is 0 Å². The van der Waals surface area contributed by atoms with E-state index >= 15 is 0 Å². The molecule has 0 spiro atoms. The minimum atomic E-state index is -0.435. The lowest BCUT2D eigenvalue weighted by atomic mass is 10.0. The monoisotopic (exact) mass is 282 g/mol. The van der Waals surface area contributed by atoms with E-state index in [4.69, 9.17) is 23.2 Å². The lowest BCUT2D eigenvalue weighted by Gasteiger charge is -2.07. The molecule has 0 bridgehead atoms. The Kier molecular flexibility index (Phi) is 3.69. The van der Waals surface area contributed by atoms with Gasteiger partial charge < -0.3 is 0 Å². The molecular weight excluding hydrogens is 274 g/mol. The third kappa shape index (κ3) is 2.40. The van der Waals surface area contributed by atoms with Gasteiger partial charge in [-0.05, 0) is 36.8 Å². The number of halogens is 3. The van der Waals surface area contributed by atoms with Crippen LogP contribution in [0.3, 0.4) is 0 Å². The highest BCUT2D eigenvalue weighted by molar-refractivity contribution is 6.38. The van der Waals surface area contributed by atoms with Crippen molar-refractivity contribution < 1.29 is 9.18 Å². The predicted molar refractivity (Wildman–Crippen MR) is 71.0 cm³/mol. The normalized spacial score (nSPS) is 10.4. The summed E-state index contributed by atoms with van der Waals surface area (Å²) in [5.41, 5.74) is 0.977. The number of aryl methyl sites for hydroxylation is 1. The Morgan fingerprint density at radius 1 is 1.06 bits per heavy atom. The molecule has 0 aliphatic heterocycles. The molecule has 18 heavy (non-hydrogen) atoms. The van der Waals surface area contributed by atoms with Crippen molar-refractivity contribution in [2.45, 2.75) is 6.92 Å². The van der Waals surface area contributed by atoms with Gasteiger partial charge in [0.2, 0.25) is 0 Å². The van der Waals surface area contributed by atoms with Crippen molar-refractivity contribution in [3.63, 3.8) is 0 Å². The van der Waals surface area contributed by atoms with Gasteiger partial charge in [-0.3, -0.25) is 4.79 Å². The molecule has 0 radical (unpaired) electrons. The predicted octanol–water partition coefficient (Wildman–Crippen LogP) is 4.67. The number of hydrogen-bond acceptors (Lipinski definition) is 1. The molecule has 0 atom stereocenters. The summed E-state index contributed by atoms with van der Waals surface area (Å²) in [5.74, 6) is -0.746. The molecule has 0 aliphatic rings. The quantitative estimate of drug-likeness (QED) is 0.732. The number of carbonyl (C=O) groups excluding carboxylic acids is 1. The summed E-state index contributed by atoms with van der Waals surface area (Å²) < 4.78 is 13.3. The van der Waals surface area contributed by atoms with Gasteiger partial charge in [0.25, 0.3) is 0 Å². The molecule has 0 heterocycles. The molecule has 0 aliphatic carbocycles. The highest BCUT2D eigenvalue weighted by atomic mass is 35.5. The van der Waals surface area contributed by atoms with Crippen molar-refractivity contribution in [1.82, 2.24) is 0 Å². The van der Waals surface area contributed by atoms with Gasteiger partial charge in [0, 0.05) is 11.1 Å². The molecule has 0 aromatic heterocycles. The number of carbonyl (C=O) groups is 1. The number of hydrogen-bond donors (Lipinski definition) is 0. The van der Waals surface area contributed by atoms with Crippen LogP contribution in [-0.4, -0.2) is 5.78 Å². The molecule has 0 saturated heterocycles. The van der Waals surface area contributed by atoms with Crippen LogP contribution in [-0.2, 0) is 0 Å². The van der Waals surface area contributed by atoms with Gasteiger partial charge in [-0.1, -0.05) is 35.3 Å². The first-order chi connectivity index (χ1) is 8.50. The molecule has 0 unspecified atom stereocenters. The van der Waals surface area contributed by atoms with E-state index in [1.807, 2.05) is 0 Å². The fraction of sp³-hybridized carbons (Fsp3) is 0.0714. The van der Waals surface area contributed by atoms with E-state index in [1.54, 1.807) is 31.2 Å². The zero-order valence-corrected chi connectivity index (χ0v) is 11.0. The van der Waals surface area contributed by atoms with Gasteiger partial charge in [0.15, 0.2) is 5.78 Å². The zero-order valence-electron chi connectivity index (χ0n) is 9.51. The Morgan fingerprint density at radius 2 is 1.72 bits per heavy atom. The molecule has 0 saturated carbocycles. The summed E-state index contributed by atoms with van der Waals surface area (Å²) >= 11 is 11.8. The summed E-state index contributed by atoms with van der Waals surface area (Å²) in [7, 11) is 0. The number of ketones is 1.